The van der Waals surface area contributed by atoms with E-state index in [1.165, 1.54) is 31.1 Å². The molecule has 0 radical (unpaired) electrons. The van der Waals surface area contributed by atoms with Gasteiger partial charge in [-0.15, -0.1) is 12.4 Å². The van der Waals surface area contributed by atoms with Gasteiger partial charge in [-0.1, -0.05) is 12.1 Å². The highest BCUT2D eigenvalue weighted by Gasteiger charge is 2.31. The molecule has 0 saturated heterocycles. The van der Waals surface area contributed by atoms with Gasteiger partial charge in [-0.3, -0.25) is 14.4 Å². The number of nitrogens with zero attached hydrogens (tertiary/aromatic N) is 1. The van der Waals surface area contributed by atoms with E-state index in [1.54, 1.807) is 24.3 Å². The van der Waals surface area contributed by atoms with Crippen LogP contribution in [0, 0.1) is 0 Å². The Bertz CT molecular complexity index is 1140. The number of amides is 3. The van der Waals surface area contributed by atoms with Gasteiger partial charge in [-0.05, 0) is 46.5 Å². The second-order valence-corrected chi connectivity index (χ2v) is 9.18. The minimum Gasteiger partial charge on any atom is -0.508 e. The predicted octanol–water partition coefficient (Wildman–Crippen LogP) is -0.620. The van der Waals surface area contributed by atoms with Gasteiger partial charge in [0, 0.05) is 39.9 Å². The minimum absolute atomic E-state index is 0. The number of phenolic OH excluding ortho intramolecular Hbond substituents is 2. The smallest absolute Gasteiger partial charge is 0.244 e. The Balaban J connectivity index is 0.00000481. The molecule has 0 aliphatic carbocycles. The van der Waals surface area contributed by atoms with Crippen molar-refractivity contribution in [3.8, 4) is 22.6 Å². The Morgan fingerprint density at radius 2 is 1.54 bits per heavy atom. The summed E-state index contributed by atoms with van der Waals surface area (Å²) < 4.78 is 0. The Morgan fingerprint density at radius 3 is 2.05 bits per heavy atom. The predicted molar refractivity (Wildman–Crippen MR) is 140 cm³/mol. The molecule has 2 aromatic carbocycles. The molecule has 0 saturated carbocycles. The zero-order valence-corrected chi connectivity index (χ0v) is 21.5. The van der Waals surface area contributed by atoms with Crippen molar-refractivity contribution in [3.63, 3.8) is 0 Å². The average Bonchev–Trinajstić information content (AvgIpc) is 2.84. The number of carbonyl (C=O) groups excluding carboxylic acids is 3. The van der Waals surface area contributed by atoms with Crippen LogP contribution < -0.4 is 22.1 Å². The zero-order valence-electron chi connectivity index (χ0n) is 20.7. The lowest BCUT2D eigenvalue weighted by molar-refractivity contribution is -0.136. The number of aromatic hydroxyl groups is 2. The maximum atomic E-state index is 13.2. The van der Waals surface area contributed by atoms with Gasteiger partial charge in [0.2, 0.25) is 17.7 Å². The van der Waals surface area contributed by atoms with Crippen LogP contribution in [-0.2, 0) is 27.2 Å². The zero-order chi connectivity index (χ0) is 26.6. The van der Waals surface area contributed by atoms with E-state index in [0.29, 0.717) is 22.3 Å². The molecular weight excluding hydrogens is 502 g/mol. The number of likely N-dealkylation sites (N-methyl/N-ethyl adjacent to an activating group) is 1. The number of halogens is 1. The fourth-order valence-electron chi connectivity index (χ4n) is 4.07. The summed E-state index contributed by atoms with van der Waals surface area (Å²) in [5.74, 6) is -1.91. The van der Waals surface area contributed by atoms with Crippen molar-refractivity contribution in [2.45, 2.75) is 43.5 Å². The summed E-state index contributed by atoms with van der Waals surface area (Å²) in [4.78, 5) is 40.4. The molecule has 37 heavy (non-hydrogen) atoms. The van der Waals surface area contributed by atoms with Crippen LogP contribution in [0.5, 0.6) is 11.5 Å². The lowest BCUT2D eigenvalue weighted by atomic mass is 9.95. The number of benzene rings is 2. The quantitative estimate of drug-likeness (QED) is 0.269. The monoisotopic (exact) mass is 535 g/mol. The Morgan fingerprint density at radius 1 is 1.00 bits per heavy atom. The topological polar surface area (TPSA) is 191 Å². The van der Waals surface area contributed by atoms with Crippen molar-refractivity contribution in [2.75, 3.05) is 20.6 Å². The third-order valence-electron chi connectivity index (χ3n) is 6.16. The highest BCUT2D eigenvalue weighted by Crippen LogP contribution is 2.31. The van der Waals surface area contributed by atoms with Crippen LogP contribution in [0.3, 0.4) is 0 Å². The molecule has 202 valence electrons. The number of rotatable bonds is 4. The molecule has 0 aromatic heterocycles. The van der Waals surface area contributed by atoms with Crippen molar-refractivity contribution in [2.24, 2.45) is 11.5 Å². The summed E-state index contributed by atoms with van der Waals surface area (Å²) in [6.07, 6.45) is -1.35. The van der Waals surface area contributed by atoms with Crippen molar-refractivity contribution < 1.29 is 29.7 Å². The number of nitrogens with one attached hydrogen (secondary N) is 2. The molecule has 0 spiro atoms. The third-order valence-corrected chi connectivity index (χ3v) is 6.16. The van der Waals surface area contributed by atoms with E-state index in [9.17, 15) is 29.7 Å². The van der Waals surface area contributed by atoms with Gasteiger partial charge in [-0.25, -0.2) is 0 Å². The van der Waals surface area contributed by atoms with Gasteiger partial charge >= 0.3 is 0 Å². The number of aliphatic hydroxyl groups is 1. The summed E-state index contributed by atoms with van der Waals surface area (Å²) >= 11 is 0. The molecule has 3 rings (SSSR count). The number of nitrogens with two attached hydrogens (primary N) is 2. The van der Waals surface area contributed by atoms with Gasteiger partial charge in [0.15, 0.2) is 0 Å². The van der Waals surface area contributed by atoms with Crippen LogP contribution >= 0.6 is 12.4 Å². The van der Waals surface area contributed by atoms with E-state index in [1.807, 2.05) is 0 Å². The third kappa shape index (κ3) is 7.32. The summed E-state index contributed by atoms with van der Waals surface area (Å²) in [5, 5.41) is 36.1. The average molecular weight is 536 g/mol. The number of fused-ring (bicyclic) bond motifs is 5. The first-order valence-corrected chi connectivity index (χ1v) is 11.6. The van der Waals surface area contributed by atoms with E-state index in [-0.39, 0.29) is 49.7 Å². The number of hydrogen-bond donors (Lipinski definition) is 7. The normalized spacial score (nSPS) is 20.8. The van der Waals surface area contributed by atoms with Crippen LogP contribution in [0.25, 0.3) is 11.1 Å². The second kappa shape index (κ2) is 12.7. The molecule has 9 N–H and O–H groups in total. The highest BCUT2D eigenvalue weighted by atomic mass is 35.5. The molecule has 11 nitrogen and oxygen atoms in total. The second-order valence-electron chi connectivity index (χ2n) is 9.18. The van der Waals surface area contributed by atoms with Crippen molar-refractivity contribution >= 4 is 30.1 Å². The van der Waals surface area contributed by atoms with E-state index in [2.05, 4.69) is 10.6 Å². The Kier molecular flexibility index (Phi) is 10.3. The summed E-state index contributed by atoms with van der Waals surface area (Å²) in [6, 6.07) is 6.33. The van der Waals surface area contributed by atoms with E-state index < -0.39 is 42.0 Å². The van der Waals surface area contributed by atoms with E-state index >= 15 is 0 Å². The molecular formula is C25H34ClN5O6. The lowest BCUT2D eigenvalue weighted by Crippen LogP contribution is -2.57. The molecule has 4 atom stereocenters. The minimum atomic E-state index is -1.23. The molecule has 12 heteroatoms. The molecule has 4 bridgehead atoms. The standard InChI is InChI=1S/C25H33N5O6.ClH/c1-30(2)25(36)20-10-16-8-14(4-6-22(16)33)13-3-5-21(32)15(7-13)9-18(27)23(34)28-19(24(35)29-20)11-17(31)12-26;/h3-8,17-20,31-33H,9-12,26-27H2,1-2H3,(H,28,34)(H,29,35);1H/t17-,18+,19+,20+;/m1./s1. The van der Waals surface area contributed by atoms with Gasteiger partial charge in [0.1, 0.15) is 23.6 Å². The molecule has 1 heterocycles. The van der Waals surface area contributed by atoms with Crippen LogP contribution in [0.2, 0.25) is 0 Å². The SMILES string of the molecule is CN(C)C(=O)[C@@H]1Cc2cc(ccc2O)-c2ccc(O)c(c2)C[C@H](N)C(=O)N[C@@H](C[C@@H](O)CN)C(=O)N1.Cl. The Hall–Kier alpha value is -3.38. The molecule has 1 aliphatic rings. The van der Waals surface area contributed by atoms with E-state index in [4.69, 9.17) is 11.5 Å². The number of aliphatic hydroxyl groups excluding tert-OH is 1. The maximum Gasteiger partial charge on any atom is 0.244 e. The van der Waals surface area contributed by atoms with Crippen LogP contribution in [-0.4, -0.2) is 82.8 Å². The van der Waals surface area contributed by atoms with Gasteiger partial charge < -0.3 is 42.3 Å². The van der Waals surface area contributed by atoms with Gasteiger partial charge in [0.05, 0.1) is 12.1 Å². The number of hydrogen-bond acceptors (Lipinski definition) is 8. The van der Waals surface area contributed by atoms with Crippen molar-refractivity contribution in [1.29, 1.82) is 0 Å². The van der Waals surface area contributed by atoms with Gasteiger partial charge in [0.25, 0.3) is 0 Å². The van der Waals surface area contributed by atoms with Crippen molar-refractivity contribution in [3.05, 3.63) is 47.5 Å². The van der Waals surface area contributed by atoms with Crippen LogP contribution in [0.1, 0.15) is 17.5 Å². The first-order chi connectivity index (χ1) is 17.0. The van der Waals surface area contributed by atoms with Crippen LogP contribution in [0.15, 0.2) is 36.4 Å². The molecule has 0 unspecified atom stereocenters. The maximum absolute atomic E-state index is 13.2. The molecule has 2 aromatic rings. The summed E-state index contributed by atoms with van der Waals surface area (Å²) in [6.45, 7) is -0.146. The fourth-order valence-corrected chi connectivity index (χ4v) is 4.07. The summed E-state index contributed by atoms with van der Waals surface area (Å²) in [5.41, 5.74) is 13.8. The molecule has 0 fully saturated rings. The largest absolute Gasteiger partial charge is 0.508 e. The van der Waals surface area contributed by atoms with E-state index in [0.717, 1.165) is 0 Å². The van der Waals surface area contributed by atoms with Gasteiger partial charge in [-0.2, -0.15) is 0 Å². The lowest BCUT2D eigenvalue weighted by Gasteiger charge is -2.27. The number of carbonyl (C=O) groups is 3. The fraction of sp³-hybridized carbons (Fsp3) is 0.400. The number of phenols is 2. The van der Waals surface area contributed by atoms with Crippen molar-refractivity contribution in [1.82, 2.24) is 15.5 Å². The summed E-state index contributed by atoms with van der Waals surface area (Å²) in [7, 11) is 3.07. The highest BCUT2D eigenvalue weighted by molar-refractivity contribution is 5.93. The van der Waals surface area contributed by atoms with Crippen LogP contribution in [0.4, 0.5) is 0 Å². The first kappa shape index (κ1) is 29.8. The molecule has 3 amide bonds. The molecule has 1 aliphatic heterocycles. The Labute approximate surface area is 221 Å². The first-order valence-electron chi connectivity index (χ1n) is 11.6.